The molecule has 0 unspecified atom stereocenters. The fraction of sp³-hybridized carbons (Fsp3) is 0.167. The summed E-state index contributed by atoms with van der Waals surface area (Å²) in [6, 6.07) is 4.05. The largest absolute Gasteiger partial charge is 0.406 e. The van der Waals surface area contributed by atoms with Crippen molar-refractivity contribution in [3.05, 3.63) is 18.3 Å². The first kappa shape index (κ1) is 6.67. The Morgan fingerprint density at radius 3 is 3.10 bits per heavy atom. The monoisotopic (exact) mass is 137 g/mol. The van der Waals surface area contributed by atoms with Crippen molar-refractivity contribution in [2.75, 3.05) is 0 Å². The first-order valence-electron chi connectivity index (χ1n) is 2.66. The lowest BCUT2D eigenvalue weighted by Gasteiger charge is -1.94. The van der Waals surface area contributed by atoms with Crippen LogP contribution in [-0.4, -0.2) is 16.2 Å². The maximum absolute atomic E-state index is 10.3. The molecule has 0 amide bonds. The summed E-state index contributed by atoms with van der Waals surface area (Å²) in [5.74, 6) is -0.232. The summed E-state index contributed by atoms with van der Waals surface area (Å²) in [7, 11) is 0. The van der Waals surface area contributed by atoms with Gasteiger partial charge < -0.3 is 4.74 Å². The zero-order valence-electron chi connectivity index (χ0n) is 5.37. The topological polar surface area (TPSA) is 52.1 Å². The molecule has 10 heavy (non-hydrogen) atoms. The molecule has 1 aromatic rings. The molecule has 1 aromatic heterocycles. The Kier molecular flexibility index (Phi) is 1.94. The summed E-state index contributed by atoms with van der Waals surface area (Å²) in [6.45, 7) is 1.30. The van der Waals surface area contributed by atoms with Crippen molar-refractivity contribution in [2.24, 2.45) is 0 Å². The molecular weight excluding hydrogens is 132 g/mol. The minimum atomic E-state index is -0.408. The molecule has 0 fully saturated rings. The molecule has 51 valence electrons. The third-order valence-electron chi connectivity index (χ3n) is 0.744. The summed E-state index contributed by atoms with van der Waals surface area (Å²) in [5.41, 5.74) is 0. The predicted octanol–water partition coefficient (Wildman–Crippen LogP) is 0.202. The molecule has 4 heteroatoms. The van der Waals surface area contributed by atoms with Gasteiger partial charge in [-0.15, -0.1) is 5.10 Å². The van der Waals surface area contributed by atoms with Gasteiger partial charge in [-0.3, -0.25) is 4.79 Å². The smallest absolute Gasteiger partial charge is 0.309 e. The van der Waals surface area contributed by atoms with Gasteiger partial charge in [-0.1, -0.05) is 0 Å². The van der Waals surface area contributed by atoms with Gasteiger partial charge in [0.05, 0.1) is 6.20 Å². The molecule has 1 radical (unpaired) electrons. The second kappa shape index (κ2) is 2.91. The molecule has 0 aliphatic rings. The fourth-order valence-corrected chi connectivity index (χ4v) is 0.454. The zero-order valence-corrected chi connectivity index (χ0v) is 5.37. The average molecular weight is 137 g/mol. The van der Waals surface area contributed by atoms with E-state index in [1.165, 1.54) is 19.2 Å². The second-order valence-corrected chi connectivity index (χ2v) is 1.59. The third-order valence-corrected chi connectivity index (χ3v) is 0.744. The number of aromatic nitrogens is 2. The van der Waals surface area contributed by atoms with E-state index in [9.17, 15) is 4.79 Å². The number of carbonyl (C=O) groups excluding carboxylic acids is 1. The van der Waals surface area contributed by atoms with E-state index in [-0.39, 0.29) is 5.88 Å². The number of nitrogens with zero attached hydrogens (tertiary/aromatic N) is 2. The molecule has 1 rings (SSSR count). The minimum Gasteiger partial charge on any atom is -0.406 e. The van der Waals surface area contributed by atoms with Crippen molar-refractivity contribution in [3.8, 4) is 5.88 Å². The molecule has 0 saturated carbocycles. The predicted molar refractivity (Wildman–Crippen MR) is 32.2 cm³/mol. The highest BCUT2D eigenvalue weighted by molar-refractivity contribution is 5.68. The van der Waals surface area contributed by atoms with Crippen LogP contribution in [0.3, 0.4) is 0 Å². The molecule has 0 N–H and O–H groups in total. The molecule has 0 aliphatic carbocycles. The van der Waals surface area contributed by atoms with Crippen molar-refractivity contribution in [1.82, 2.24) is 10.2 Å². The Labute approximate surface area is 57.8 Å². The number of hydrogen-bond donors (Lipinski definition) is 0. The van der Waals surface area contributed by atoms with Gasteiger partial charge >= 0.3 is 5.97 Å². The van der Waals surface area contributed by atoms with E-state index in [2.05, 4.69) is 21.0 Å². The van der Waals surface area contributed by atoms with Crippen molar-refractivity contribution < 1.29 is 9.53 Å². The Bertz CT molecular complexity index is 222. The summed E-state index contributed by atoms with van der Waals surface area (Å²) >= 11 is 0. The van der Waals surface area contributed by atoms with E-state index in [1.807, 2.05) is 0 Å². The Balaban J connectivity index is 2.67. The van der Waals surface area contributed by atoms with E-state index < -0.39 is 5.97 Å². The van der Waals surface area contributed by atoms with Crippen LogP contribution in [0.5, 0.6) is 5.88 Å². The van der Waals surface area contributed by atoms with Crippen LogP contribution in [0.2, 0.25) is 0 Å². The lowest BCUT2D eigenvalue weighted by molar-refractivity contribution is -0.132. The third kappa shape index (κ3) is 1.81. The molecule has 0 aromatic carbocycles. The van der Waals surface area contributed by atoms with Crippen LogP contribution in [-0.2, 0) is 4.79 Å². The first-order chi connectivity index (χ1) is 4.79. The fourth-order valence-electron chi connectivity index (χ4n) is 0.454. The maximum Gasteiger partial charge on any atom is 0.309 e. The van der Waals surface area contributed by atoms with E-state index >= 15 is 0 Å². The second-order valence-electron chi connectivity index (χ2n) is 1.59. The molecule has 0 saturated heterocycles. The quantitative estimate of drug-likeness (QED) is 0.519. The number of ether oxygens (including phenoxy) is 1. The van der Waals surface area contributed by atoms with Gasteiger partial charge in [-0.05, 0) is 0 Å². The summed E-state index contributed by atoms with van der Waals surface area (Å²) in [4.78, 5) is 10.3. The van der Waals surface area contributed by atoms with Gasteiger partial charge in [0, 0.05) is 19.1 Å². The van der Waals surface area contributed by atoms with Crippen LogP contribution in [0.15, 0.2) is 12.3 Å². The summed E-state index contributed by atoms with van der Waals surface area (Å²) in [5, 5.41) is 6.95. The lowest BCUT2D eigenvalue weighted by atomic mass is 10.6. The zero-order chi connectivity index (χ0) is 7.40. The summed E-state index contributed by atoms with van der Waals surface area (Å²) < 4.78 is 4.57. The van der Waals surface area contributed by atoms with Crippen LogP contribution < -0.4 is 4.74 Å². The molecular formula is C6H5N2O2. The van der Waals surface area contributed by atoms with E-state index in [0.717, 1.165) is 0 Å². The molecule has 0 spiro atoms. The van der Waals surface area contributed by atoms with Gasteiger partial charge in [0.15, 0.2) is 0 Å². The van der Waals surface area contributed by atoms with Crippen LogP contribution in [0, 0.1) is 6.07 Å². The van der Waals surface area contributed by atoms with Crippen LogP contribution in [0.1, 0.15) is 6.92 Å². The Morgan fingerprint density at radius 2 is 2.60 bits per heavy atom. The van der Waals surface area contributed by atoms with Crippen LogP contribution >= 0.6 is 0 Å². The Hall–Kier alpha value is -1.45. The summed E-state index contributed by atoms with van der Waals surface area (Å²) in [6.07, 6.45) is 1.38. The normalized spacial score (nSPS) is 8.90. The van der Waals surface area contributed by atoms with Crippen LogP contribution in [0.25, 0.3) is 0 Å². The van der Waals surface area contributed by atoms with E-state index in [4.69, 9.17) is 0 Å². The van der Waals surface area contributed by atoms with Gasteiger partial charge in [-0.2, -0.15) is 5.10 Å². The highest BCUT2D eigenvalue weighted by atomic mass is 16.5. The standard InChI is InChI=1S/C6H5N2O2/c1-5(9)10-6-3-2-4-7-8-6/h3-4H,1H3. The number of hydrogen-bond acceptors (Lipinski definition) is 4. The highest BCUT2D eigenvalue weighted by Gasteiger charge is 1.95. The van der Waals surface area contributed by atoms with Crippen molar-refractivity contribution >= 4 is 5.97 Å². The molecule has 0 bridgehead atoms. The van der Waals surface area contributed by atoms with Gasteiger partial charge in [0.2, 0.25) is 5.88 Å². The molecule has 0 aliphatic heterocycles. The van der Waals surface area contributed by atoms with Gasteiger partial charge in [-0.25, -0.2) is 0 Å². The molecule has 4 nitrogen and oxygen atoms in total. The molecule has 0 atom stereocenters. The molecule has 1 heterocycles. The van der Waals surface area contributed by atoms with Gasteiger partial charge in [0.1, 0.15) is 0 Å². The first-order valence-corrected chi connectivity index (χ1v) is 2.66. The minimum absolute atomic E-state index is 0.176. The Morgan fingerprint density at radius 1 is 1.80 bits per heavy atom. The van der Waals surface area contributed by atoms with Crippen molar-refractivity contribution in [2.45, 2.75) is 6.92 Å². The van der Waals surface area contributed by atoms with E-state index in [1.54, 1.807) is 0 Å². The maximum atomic E-state index is 10.3. The SMILES string of the molecule is CC(=O)Oc1c[c]cnn1. The highest BCUT2D eigenvalue weighted by Crippen LogP contribution is 1.99. The average Bonchev–Trinajstić information content (AvgIpc) is 1.88. The number of rotatable bonds is 1. The van der Waals surface area contributed by atoms with Crippen LogP contribution in [0.4, 0.5) is 0 Å². The van der Waals surface area contributed by atoms with Crippen molar-refractivity contribution in [1.29, 1.82) is 0 Å². The van der Waals surface area contributed by atoms with Crippen molar-refractivity contribution in [3.63, 3.8) is 0 Å². The number of carbonyl (C=O) groups is 1. The van der Waals surface area contributed by atoms with Gasteiger partial charge in [0.25, 0.3) is 0 Å². The lowest BCUT2D eigenvalue weighted by Crippen LogP contribution is -2.03. The van der Waals surface area contributed by atoms with E-state index in [0.29, 0.717) is 0 Å². The number of esters is 1.